The lowest BCUT2D eigenvalue weighted by molar-refractivity contribution is 0.415. The number of nitrogens with two attached hydrogens (primary N) is 1. The molecule has 0 saturated carbocycles. The summed E-state index contributed by atoms with van der Waals surface area (Å²) in [5.74, 6) is 0.785. The molecule has 0 aliphatic heterocycles. The summed E-state index contributed by atoms with van der Waals surface area (Å²) in [7, 11) is 3.55. The third-order valence-electron chi connectivity index (χ3n) is 3.06. The summed E-state index contributed by atoms with van der Waals surface area (Å²) in [5.41, 5.74) is 7.86. The number of nitrogen functional groups attached to an aromatic ring is 1. The Balaban J connectivity index is 2.37. The number of methoxy groups -OCH3 is 1. The second-order valence-corrected chi connectivity index (χ2v) is 4.75. The number of ether oxygens (including phenoxy) is 1. The highest BCUT2D eigenvalue weighted by atomic mass is 35.5. The van der Waals surface area contributed by atoms with Crippen LogP contribution in [0.1, 0.15) is 5.56 Å². The van der Waals surface area contributed by atoms with Gasteiger partial charge in [-0.25, -0.2) is 0 Å². The van der Waals surface area contributed by atoms with E-state index in [9.17, 15) is 0 Å². The number of hydrogen-bond acceptors (Lipinski definition) is 3. The van der Waals surface area contributed by atoms with Crippen LogP contribution in [0.5, 0.6) is 5.75 Å². The number of hydrogen-bond donors (Lipinski definition) is 2. The van der Waals surface area contributed by atoms with Crippen molar-refractivity contribution in [1.29, 1.82) is 5.41 Å². The van der Waals surface area contributed by atoms with E-state index in [1.165, 1.54) is 0 Å². The third-order valence-corrected chi connectivity index (χ3v) is 3.36. The Bertz CT molecular complexity index is 643. The molecule has 0 amide bonds. The van der Waals surface area contributed by atoms with Gasteiger partial charge in [-0.15, -0.1) is 0 Å². The highest BCUT2D eigenvalue weighted by molar-refractivity contribution is 6.33. The molecule has 0 unspecified atom stereocenters. The molecule has 0 aliphatic rings. The fourth-order valence-electron chi connectivity index (χ4n) is 1.90. The Hall–Kier alpha value is -2.20. The van der Waals surface area contributed by atoms with E-state index in [1.807, 2.05) is 42.3 Å². The molecule has 0 saturated heterocycles. The molecule has 0 aromatic heterocycles. The average molecular weight is 290 g/mol. The maximum atomic E-state index is 7.42. The average Bonchev–Trinajstić information content (AvgIpc) is 2.46. The van der Waals surface area contributed by atoms with E-state index < -0.39 is 0 Å². The number of rotatable bonds is 4. The summed E-state index contributed by atoms with van der Waals surface area (Å²) in [6, 6.07) is 13.0. The summed E-state index contributed by atoms with van der Waals surface area (Å²) in [6.07, 6.45) is 0. The zero-order valence-corrected chi connectivity index (χ0v) is 12.1. The maximum absolute atomic E-state index is 7.42. The van der Waals surface area contributed by atoms with Gasteiger partial charge >= 0.3 is 0 Å². The normalized spacial score (nSPS) is 10.2. The van der Waals surface area contributed by atoms with Crippen molar-refractivity contribution in [2.45, 2.75) is 0 Å². The molecule has 0 spiro atoms. The number of halogens is 1. The lowest BCUT2D eigenvalue weighted by atomic mass is 10.1. The van der Waals surface area contributed by atoms with Crippen LogP contribution in [0.4, 0.5) is 11.4 Å². The Morgan fingerprint density at radius 2 is 2.00 bits per heavy atom. The Kier molecular flexibility index (Phi) is 4.15. The summed E-state index contributed by atoms with van der Waals surface area (Å²) in [6.45, 7) is 0. The van der Waals surface area contributed by atoms with E-state index in [0.717, 1.165) is 17.1 Å². The summed E-state index contributed by atoms with van der Waals surface area (Å²) in [5, 5.41) is 7.96. The molecule has 20 heavy (non-hydrogen) atoms. The van der Waals surface area contributed by atoms with Crippen LogP contribution in [0.2, 0.25) is 5.02 Å². The molecule has 0 fully saturated rings. The second kappa shape index (κ2) is 5.84. The molecular weight excluding hydrogens is 274 g/mol. The fourth-order valence-corrected chi connectivity index (χ4v) is 2.21. The van der Waals surface area contributed by atoms with Gasteiger partial charge in [0, 0.05) is 24.4 Å². The van der Waals surface area contributed by atoms with E-state index in [1.54, 1.807) is 19.2 Å². The van der Waals surface area contributed by atoms with Gasteiger partial charge in [0.1, 0.15) is 11.6 Å². The zero-order valence-electron chi connectivity index (χ0n) is 11.4. The standard InChI is InChI=1S/C15H16ClN3O/c1-19(11-4-3-5-12(9-11)20-2)14-7-6-10(15(17)18)8-13(14)16/h3-9H,1-2H3,(H3,17,18). The predicted octanol–water partition coefficient (Wildman–Crippen LogP) is 3.40. The van der Waals surface area contributed by atoms with Crippen molar-refractivity contribution < 1.29 is 4.74 Å². The molecule has 104 valence electrons. The molecule has 2 aromatic rings. The van der Waals surface area contributed by atoms with E-state index in [4.69, 9.17) is 27.5 Å². The molecule has 0 heterocycles. The lowest BCUT2D eigenvalue weighted by Gasteiger charge is -2.21. The Morgan fingerprint density at radius 3 is 2.60 bits per heavy atom. The minimum Gasteiger partial charge on any atom is -0.497 e. The topological polar surface area (TPSA) is 62.3 Å². The highest BCUT2D eigenvalue weighted by Crippen LogP contribution is 2.32. The van der Waals surface area contributed by atoms with Crippen LogP contribution in [0.3, 0.4) is 0 Å². The molecule has 2 rings (SSSR count). The molecule has 0 radical (unpaired) electrons. The first-order chi connectivity index (χ1) is 9.52. The molecule has 4 nitrogen and oxygen atoms in total. The summed E-state index contributed by atoms with van der Waals surface area (Å²) >= 11 is 6.27. The lowest BCUT2D eigenvalue weighted by Crippen LogP contribution is -2.13. The molecule has 0 aliphatic carbocycles. The summed E-state index contributed by atoms with van der Waals surface area (Å²) < 4.78 is 5.22. The molecule has 5 heteroatoms. The van der Waals surface area contributed by atoms with Gasteiger partial charge in [0.25, 0.3) is 0 Å². The molecule has 0 atom stereocenters. The first-order valence-electron chi connectivity index (χ1n) is 6.04. The van der Waals surface area contributed by atoms with Gasteiger partial charge < -0.3 is 15.4 Å². The molecule has 0 bridgehead atoms. The molecule has 3 N–H and O–H groups in total. The molecule has 2 aromatic carbocycles. The minimum atomic E-state index is 0.00230. The van der Waals surface area contributed by atoms with Crippen LogP contribution in [0, 0.1) is 5.41 Å². The van der Waals surface area contributed by atoms with Gasteiger partial charge in [0.15, 0.2) is 0 Å². The van der Waals surface area contributed by atoms with Crippen LogP contribution >= 0.6 is 11.6 Å². The van der Waals surface area contributed by atoms with E-state index >= 15 is 0 Å². The SMILES string of the molecule is COc1cccc(N(C)c2ccc(C(=N)N)cc2Cl)c1. The van der Waals surface area contributed by atoms with Crippen LogP contribution in [-0.2, 0) is 0 Å². The summed E-state index contributed by atoms with van der Waals surface area (Å²) in [4.78, 5) is 1.95. The number of nitrogens with zero attached hydrogens (tertiary/aromatic N) is 1. The van der Waals surface area contributed by atoms with Crippen molar-refractivity contribution >= 4 is 28.8 Å². The highest BCUT2D eigenvalue weighted by Gasteiger charge is 2.10. The van der Waals surface area contributed by atoms with Gasteiger partial charge in [-0.1, -0.05) is 17.7 Å². The van der Waals surface area contributed by atoms with Crippen LogP contribution in [0.25, 0.3) is 0 Å². The van der Waals surface area contributed by atoms with Crippen molar-refractivity contribution in [3.8, 4) is 5.75 Å². The Labute approximate surface area is 123 Å². The first kappa shape index (κ1) is 14.2. The second-order valence-electron chi connectivity index (χ2n) is 4.34. The van der Waals surface area contributed by atoms with Crippen molar-refractivity contribution in [2.75, 3.05) is 19.1 Å². The van der Waals surface area contributed by atoms with Crippen LogP contribution in [-0.4, -0.2) is 20.0 Å². The fraction of sp³-hybridized carbons (Fsp3) is 0.133. The maximum Gasteiger partial charge on any atom is 0.122 e. The number of amidine groups is 1. The number of benzene rings is 2. The van der Waals surface area contributed by atoms with Crippen LogP contribution < -0.4 is 15.4 Å². The van der Waals surface area contributed by atoms with Crippen molar-refractivity contribution in [1.82, 2.24) is 0 Å². The first-order valence-corrected chi connectivity index (χ1v) is 6.42. The Morgan fingerprint density at radius 1 is 1.25 bits per heavy atom. The van der Waals surface area contributed by atoms with Gasteiger partial charge in [-0.3, -0.25) is 5.41 Å². The van der Waals surface area contributed by atoms with Crippen molar-refractivity contribution in [2.24, 2.45) is 5.73 Å². The predicted molar refractivity (Wildman–Crippen MR) is 83.5 cm³/mol. The van der Waals surface area contributed by atoms with Gasteiger partial charge in [0.05, 0.1) is 17.8 Å². The molecular formula is C15H16ClN3O. The smallest absolute Gasteiger partial charge is 0.122 e. The van der Waals surface area contributed by atoms with Crippen molar-refractivity contribution in [3.63, 3.8) is 0 Å². The van der Waals surface area contributed by atoms with Gasteiger partial charge in [0.2, 0.25) is 0 Å². The van der Waals surface area contributed by atoms with E-state index in [-0.39, 0.29) is 5.84 Å². The third kappa shape index (κ3) is 2.86. The minimum absolute atomic E-state index is 0.00230. The van der Waals surface area contributed by atoms with E-state index in [2.05, 4.69) is 0 Å². The van der Waals surface area contributed by atoms with Gasteiger partial charge in [-0.2, -0.15) is 0 Å². The monoisotopic (exact) mass is 289 g/mol. The van der Waals surface area contributed by atoms with E-state index in [0.29, 0.717) is 10.6 Å². The quantitative estimate of drug-likeness (QED) is 0.670. The van der Waals surface area contributed by atoms with Crippen LogP contribution in [0.15, 0.2) is 42.5 Å². The number of anilines is 2. The van der Waals surface area contributed by atoms with Gasteiger partial charge in [-0.05, 0) is 30.3 Å². The zero-order chi connectivity index (χ0) is 14.7. The largest absolute Gasteiger partial charge is 0.497 e. The number of nitrogens with one attached hydrogen (secondary N) is 1. The van der Waals surface area contributed by atoms with Crippen molar-refractivity contribution in [3.05, 3.63) is 53.1 Å².